The van der Waals surface area contributed by atoms with Crippen LogP contribution in [0.1, 0.15) is 33.6 Å². The van der Waals surface area contributed by atoms with Crippen LogP contribution in [0.4, 0.5) is 0 Å². The predicted molar refractivity (Wildman–Crippen MR) is 59.3 cm³/mol. The number of hydrogen-bond acceptors (Lipinski definition) is 3. The van der Waals surface area contributed by atoms with Crippen LogP contribution in [0, 0.1) is 5.92 Å². The van der Waals surface area contributed by atoms with Crippen molar-refractivity contribution in [1.29, 1.82) is 0 Å². The second-order valence-electron chi connectivity index (χ2n) is 5.09. The third-order valence-electron chi connectivity index (χ3n) is 3.16. The minimum absolute atomic E-state index is 0.0144. The lowest BCUT2D eigenvalue weighted by Gasteiger charge is -2.37. The Bertz CT molecular complexity index is 229. The van der Waals surface area contributed by atoms with Gasteiger partial charge in [-0.3, -0.25) is 4.79 Å². The lowest BCUT2D eigenvalue weighted by Crippen LogP contribution is -2.52. The molecule has 1 atom stereocenters. The number of carbonyl (C=O) groups is 1. The Hall–Kier alpha value is -0.610. The molecule has 88 valence electrons. The molecular formula is C11H22N2O2. The van der Waals surface area contributed by atoms with E-state index >= 15 is 0 Å². The van der Waals surface area contributed by atoms with E-state index in [9.17, 15) is 9.90 Å². The van der Waals surface area contributed by atoms with Gasteiger partial charge in [0.15, 0.2) is 0 Å². The molecule has 1 rings (SSSR count). The molecule has 4 heteroatoms. The van der Waals surface area contributed by atoms with Crippen LogP contribution >= 0.6 is 0 Å². The predicted octanol–water partition coefficient (Wildman–Crippen LogP) is 0.343. The summed E-state index contributed by atoms with van der Waals surface area (Å²) in [6, 6.07) is -0.409. The standard InChI is InChI=1S/C11H22N2O2/c1-8(2)9(12)10(14)13-6-4-11(3,15)5-7-13/h8-9,15H,4-7,12H2,1-3H3/t9-/m1/s1. The number of nitrogens with two attached hydrogens (primary N) is 1. The second-order valence-corrected chi connectivity index (χ2v) is 5.09. The Morgan fingerprint density at radius 1 is 1.40 bits per heavy atom. The first-order valence-electron chi connectivity index (χ1n) is 5.60. The number of piperidine rings is 1. The van der Waals surface area contributed by atoms with Crippen molar-refractivity contribution >= 4 is 5.91 Å². The number of nitrogens with zero attached hydrogens (tertiary/aromatic N) is 1. The van der Waals surface area contributed by atoms with Gasteiger partial charge < -0.3 is 15.7 Å². The first-order valence-corrected chi connectivity index (χ1v) is 5.60. The highest BCUT2D eigenvalue weighted by Gasteiger charge is 2.32. The van der Waals surface area contributed by atoms with Crippen molar-refractivity contribution in [3.05, 3.63) is 0 Å². The molecule has 1 heterocycles. The third-order valence-corrected chi connectivity index (χ3v) is 3.16. The zero-order chi connectivity index (χ0) is 11.6. The molecule has 1 aliphatic heterocycles. The average molecular weight is 214 g/mol. The van der Waals surface area contributed by atoms with Crippen LogP contribution < -0.4 is 5.73 Å². The number of aliphatic hydroxyl groups is 1. The molecule has 0 spiro atoms. The number of carbonyl (C=O) groups excluding carboxylic acids is 1. The Morgan fingerprint density at radius 2 is 1.87 bits per heavy atom. The summed E-state index contributed by atoms with van der Waals surface area (Å²) in [5.41, 5.74) is 5.19. The molecule has 0 aliphatic carbocycles. The van der Waals surface area contributed by atoms with E-state index in [0.29, 0.717) is 25.9 Å². The van der Waals surface area contributed by atoms with Crippen molar-refractivity contribution in [3.63, 3.8) is 0 Å². The van der Waals surface area contributed by atoms with Crippen LogP contribution in [-0.4, -0.2) is 40.6 Å². The van der Waals surface area contributed by atoms with Crippen molar-refractivity contribution in [3.8, 4) is 0 Å². The molecule has 1 aliphatic rings. The van der Waals surface area contributed by atoms with Gasteiger partial charge in [0.1, 0.15) is 0 Å². The molecule has 0 aromatic heterocycles. The van der Waals surface area contributed by atoms with Gasteiger partial charge in [0.25, 0.3) is 0 Å². The molecular weight excluding hydrogens is 192 g/mol. The minimum atomic E-state index is -0.612. The van der Waals surface area contributed by atoms with Crippen molar-refractivity contribution < 1.29 is 9.90 Å². The largest absolute Gasteiger partial charge is 0.390 e. The van der Waals surface area contributed by atoms with Gasteiger partial charge in [0.2, 0.25) is 5.91 Å². The molecule has 0 unspecified atom stereocenters. The molecule has 3 N–H and O–H groups in total. The van der Waals surface area contributed by atoms with E-state index in [1.54, 1.807) is 4.90 Å². The summed E-state index contributed by atoms with van der Waals surface area (Å²) >= 11 is 0. The number of amides is 1. The summed E-state index contributed by atoms with van der Waals surface area (Å²) in [5, 5.41) is 9.75. The Morgan fingerprint density at radius 3 is 2.27 bits per heavy atom. The van der Waals surface area contributed by atoms with Crippen molar-refractivity contribution in [1.82, 2.24) is 4.90 Å². The Labute approximate surface area is 91.4 Å². The van der Waals surface area contributed by atoms with E-state index in [1.807, 2.05) is 20.8 Å². The van der Waals surface area contributed by atoms with Crippen LogP contribution in [0.2, 0.25) is 0 Å². The van der Waals surface area contributed by atoms with E-state index < -0.39 is 11.6 Å². The van der Waals surface area contributed by atoms with Gasteiger partial charge in [-0.2, -0.15) is 0 Å². The first-order chi connectivity index (χ1) is 6.83. The zero-order valence-corrected chi connectivity index (χ0v) is 9.86. The van der Waals surface area contributed by atoms with Gasteiger partial charge in [-0.15, -0.1) is 0 Å². The van der Waals surface area contributed by atoms with E-state index in [0.717, 1.165) is 0 Å². The van der Waals surface area contributed by atoms with Crippen molar-refractivity contribution in [2.24, 2.45) is 11.7 Å². The molecule has 0 radical (unpaired) electrons. The molecule has 0 aromatic rings. The fourth-order valence-electron chi connectivity index (χ4n) is 1.70. The molecule has 0 saturated carbocycles. The van der Waals surface area contributed by atoms with Crippen molar-refractivity contribution in [2.45, 2.75) is 45.3 Å². The fourth-order valence-corrected chi connectivity index (χ4v) is 1.70. The van der Waals surface area contributed by atoms with Crippen LogP contribution in [0.25, 0.3) is 0 Å². The first kappa shape index (κ1) is 12.5. The SMILES string of the molecule is CC(C)[C@@H](N)C(=O)N1CCC(C)(O)CC1. The smallest absolute Gasteiger partial charge is 0.239 e. The number of hydrogen-bond donors (Lipinski definition) is 2. The van der Waals surface area contributed by atoms with E-state index in [1.165, 1.54) is 0 Å². The average Bonchev–Trinajstić information content (AvgIpc) is 2.15. The zero-order valence-electron chi connectivity index (χ0n) is 9.86. The lowest BCUT2D eigenvalue weighted by atomic mass is 9.93. The van der Waals surface area contributed by atoms with Gasteiger partial charge in [0, 0.05) is 13.1 Å². The molecule has 0 bridgehead atoms. The maximum atomic E-state index is 11.9. The molecule has 15 heavy (non-hydrogen) atoms. The topological polar surface area (TPSA) is 66.6 Å². The maximum absolute atomic E-state index is 11.9. The molecule has 1 amide bonds. The monoisotopic (exact) mass is 214 g/mol. The van der Waals surface area contributed by atoms with Crippen LogP contribution in [0.5, 0.6) is 0 Å². The van der Waals surface area contributed by atoms with Gasteiger partial charge in [-0.25, -0.2) is 0 Å². The number of rotatable bonds is 2. The van der Waals surface area contributed by atoms with Crippen molar-refractivity contribution in [2.75, 3.05) is 13.1 Å². The maximum Gasteiger partial charge on any atom is 0.239 e. The summed E-state index contributed by atoms with van der Waals surface area (Å²) in [5.74, 6) is 0.181. The number of likely N-dealkylation sites (tertiary alicyclic amines) is 1. The normalized spacial score (nSPS) is 22.9. The summed E-state index contributed by atoms with van der Waals surface area (Å²) in [6.45, 7) is 6.95. The highest BCUT2D eigenvalue weighted by molar-refractivity contribution is 5.82. The van der Waals surface area contributed by atoms with E-state index in [4.69, 9.17) is 5.73 Å². The van der Waals surface area contributed by atoms with Gasteiger partial charge in [-0.05, 0) is 25.7 Å². The second kappa shape index (κ2) is 4.49. The summed E-state index contributed by atoms with van der Waals surface area (Å²) in [7, 11) is 0. The highest BCUT2D eigenvalue weighted by Crippen LogP contribution is 2.21. The quantitative estimate of drug-likeness (QED) is 0.696. The van der Waals surface area contributed by atoms with Crippen LogP contribution in [0.3, 0.4) is 0 Å². The van der Waals surface area contributed by atoms with Crippen LogP contribution in [0.15, 0.2) is 0 Å². The lowest BCUT2D eigenvalue weighted by molar-refractivity contribution is -0.137. The Balaban J connectivity index is 2.50. The molecule has 1 saturated heterocycles. The molecule has 1 fully saturated rings. The third kappa shape index (κ3) is 3.18. The molecule has 0 aromatic carbocycles. The van der Waals surface area contributed by atoms with E-state index in [2.05, 4.69) is 0 Å². The van der Waals surface area contributed by atoms with Gasteiger partial charge in [-0.1, -0.05) is 13.8 Å². The van der Waals surface area contributed by atoms with Gasteiger partial charge in [0.05, 0.1) is 11.6 Å². The summed E-state index contributed by atoms with van der Waals surface area (Å²) in [6.07, 6.45) is 1.28. The van der Waals surface area contributed by atoms with Gasteiger partial charge >= 0.3 is 0 Å². The minimum Gasteiger partial charge on any atom is -0.390 e. The van der Waals surface area contributed by atoms with Crippen LogP contribution in [-0.2, 0) is 4.79 Å². The Kier molecular flexibility index (Phi) is 3.73. The summed E-state index contributed by atoms with van der Waals surface area (Å²) < 4.78 is 0. The molecule has 4 nitrogen and oxygen atoms in total. The summed E-state index contributed by atoms with van der Waals surface area (Å²) in [4.78, 5) is 13.6. The van der Waals surface area contributed by atoms with E-state index in [-0.39, 0.29) is 11.8 Å². The highest BCUT2D eigenvalue weighted by atomic mass is 16.3. The fraction of sp³-hybridized carbons (Fsp3) is 0.909.